The summed E-state index contributed by atoms with van der Waals surface area (Å²) in [6, 6.07) is 7.02. The van der Waals surface area contributed by atoms with E-state index in [9.17, 15) is 4.79 Å². The van der Waals surface area contributed by atoms with Gasteiger partial charge in [0.1, 0.15) is 0 Å². The Morgan fingerprint density at radius 2 is 1.86 bits per heavy atom. The largest absolute Gasteiger partial charge is 4.00 e. The Bertz CT molecular complexity index is 416. The molecule has 6 heteroatoms. The summed E-state index contributed by atoms with van der Waals surface area (Å²) in [6.07, 6.45) is 10.0. The Kier molecular flexibility index (Phi) is 27.0. The van der Waals surface area contributed by atoms with Gasteiger partial charge in [-0.3, -0.25) is 6.08 Å². The fourth-order valence-electron chi connectivity index (χ4n) is 1.13. The van der Waals surface area contributed by atoms with Crippen molar-refractivity contribution in [2.24, 2.45) is 0 Å². The number of amides is 1. The minimum Gasteiger partial charge on any atom is -1.00 e. The van der Waals surface area contributed by atoms with Crippen molar-refractivity contribution >= 4 is 15.4 Å². The molecule has 0 saturated heterocycles. The molecule has 21 heavy (non-hydrogen) atoms. The third kappa shape index (κ3) is 17.6. The average molecular weight is 376 g/mol. The molecule has 1 aliphatic rings. The molecule has 0 saturated carbocycles. The molecule has 1 aromatic rings. The number of allylic oxidation sites excluding steroid dienone is 4. The number of carbonyl (C=O) groups is 1. The first-order chi connectivity index (χ1) is 8.61. The van der Waals surface area contributed by atoms with E-state index in [1.807, 2.05) is 25.1 Å². The van der Waals surface area contributed by atoms with E-state index in [-0.39, 0.29) is 46.5 Å². The zero-order valence-electron chi connectivity index (χ0n) is 12.4. The summed E-state index contributed by atoms with van der Waals surface area (Å²) in [7, 11) is 1.08. The van der Waals surface area contributed by atoms with Crippen LogP contribution in [-0.2, 0) is 21.7 Å². The predicted molar refractivity (Wildman–Crippen MR) is 78.9 cm³/mol. The molecule has 1 aliphatic carbocycles. The van der Waals surface area contributed by atoms with E-state index in [0.29, 0.717) is 5.56 Å². The summed E-state index contributed by atoms with van der Waals surface area (Å²) in [4.78, 5) is 10.5. The van der Waals surface area contributed by atoms with E-state index in [1.165, 1.54) is 0 Å². The van der Waals surface area contributed by atoms with Crippen LogP contribution in [-0.4, -0.2) is 15.4 Å². The van der Waals surface area contributed by atoms with Gasteiger partial charge in [0.05, 0.1) is 5.91 Å². The fourth-order valence-corrected chi connectivity index (χ4v) is 1.13. The Morgan fingerprint density at radius 1 is 1.29 bits per heavy atom. The van der Waals surface area contributed by atoms with E-state index >= 15 is 0 Å². The summed E-state index contributed by atoms with van der Waals surface area (Å²) in [5.74, 6) is -0.622. The first-order valence-corrected chi connectivity index (χ1v) is 7.74. The molecular weight excluding hydrogens is 357 g/mol. The van der Waals surface area contributed by atoms with Gasteiger partial charge in [0.25, 0.3) is 0 Å². The van der Waals surface area contributed by atoms with Gasteiger partial charge in [0, 0.05) is 9.52 Å². The molecule has 0 atom stereocenters. The number of nitrogens with one attached hydrogen (secondary N) is 1. The second kappa shape index (κ2) is 19.7. The topological polar surface area (TPSA) is 40.9 Å². The maximum absolute atomic E-state index is 10.5. The van der Waals surface area contributed by atoms with Crippen LogP contribution in [0.1, 0.15) is 22.3 Å². The normalized spacial score (nSPS) is 9.48. The maximum atomic E-state index is 10.5. The van der Waals surface area contributed by atoms with Crippen molar-refractivity contribution in [2.75, 3.05) is 0 Å². The van der Waals surface area contributed by atoms with Crippen molar-refractivity contribution in [3.8, 4) is 0 Å². The van der Waals surface area contributed by atoms with Crippen molar-refractivity contribution in [1.29, 1.82) is 0 Å². The van der Waals surface area contributed by atoms with Crippen LogP contribution in [0.2, 0.25) is 13.1 Å². The van der Waals surface area contributed by atoms with E-state index in [0.717, 1.165) is 21.5 Å². The Labute approximate surface area is 158 Å². The van der Waals surface area contributed by atoms with Gasteiger partial charge in [-0.2, -0.15) is 6.08 Å². The van der Waals surface area contributed by atoms with Crippen LogP contribution in [0.15, 0.2) is 42.5 Å². The number of benzene rings is 1. The van der Waals surface area contributed by atoms with Crippen LogP contribution >= 0.6 is 0 Å². The molecule has 0 aliphatic heterocycles. The zero-order chi connectivity index (χ0) is 13.8. The number of halogens is 2. The smallest absolute Gasteiger partial charge is 1.00 e. The van der Waals surface area contributed by atoms with Crippen LogP contribution in [0.25, 0.3) is 5.73 Å². The monoisotopic (exact) mass is 375 g/mol. The minimum absolute atomic E-state index is 0. The van der Waals surface area contributed by atoms with Gasteiger partial charge >= 0.3 is 21.7 Å². The summed E-state index contributed by atoms with van der Waals surface area (Å²) < 4.78 is 0. The molecule has 0 spiro atoms. The molecular formula is C15H19Cl2NOSiTi. The molecule has 112 valence electrons. The predicted octanol–water partition coefficient (Wildman–Crippen LogP) is -1.71. The van der Waals surface area contributed by atoms with Crippen molar-refractivity contribution in [1.82, 2.24) is 0 Å². The second-order valence-corrected chi connectivity index (χ2v) is 4.70. The third-order valence-corrected chi connectivity index (χ3v) is 1.87. The molecule has 1 amide bonds. The SMILES string of the molecule is C[Si]C.Cc1cccc(C([NH-])=O)c1.[C-]1=CC=CC1.[Cl-].[Cl-].[Ti+4]. The average Bonchev–Trinajstić information content (AvgIpc) is 2.88. The molecule has 2 radical (unpaired) electrons. The van der Waals surface area contributed by atoms with E-state index in [1.54, 1.807) is 18.2 Å². The summed E-state index contributed by atoms with van der Waals surface area (Å²) in [6.45, 7) is 6.20. The van der Waals surface area contributed by atoms with E-state index in [2.05, 4.69) is 25.2 Å². The van der Waals surface area contributed by atoms with Crippen molar-refractivity contribution < 1.29 is 51.3 Å². The van der Waals surface area contributed by atoms with E-state index < -0.39 is 5.91 Å². The summed E-state index contributed by atoms with van der Waals surface area (Å²) >= 11 is 0. The van der Waals surface area contributed by atoms with Crippen molar-refractivity contribution in [2.45, 2.75) is 26.4 Å². The molecule has 0 bridgehead atoms. The number of hydrogen-bond acceptors (Lipinski definition) is 1. The van der Waals surface area contributed by atoms with Crippen LogP contribution in [0, 0.1) is 13.0 Å². The molecule has 0 fully saturated rings. The second-order valence-electron chi connectivity index (χ2n) is 3.70. The molecule has 0 aromatic heterocycles. The molecule has 2 rings (SSSR count). The van der Waals surface area contributed by atoms with Gasteiger partial charge in [0.2, 0.25) is 0 Å². The van der Waals surface area contributed by atoms with Crippen LogP contribution < -0.4 is 24.8 Å². The van der Waals surface area contributed by atoms with Gasteiger partial charge < -0.3 is 35.3 Å². The Morgan fingerprint density at radius 3 is 2.10 bits per heavy atom. The van der Waals surface area contributed by atoms with Gasteiger partial charge in [-0.1, -0.05) is 42.9 Å². The molecule has 1 aromatic carbocycles. The van der Waals surface area contributed by atoms with Crippen molar-refractivity contribution in [3.63, 3.8) is 0 Å². The van der Waals surface area contributed by atoms with Crippen molar-refractivity contribution in [3.05, 3.63) is 65.4 Å². The number of carbonyl (C=O) groups excluding carboxylic acids is 1. The number of aryl methyl sites for hydroxylation is 1. The van der Waals surface area contributed by atoms with Gasteiger partial charge in [-0.05, 0) is 12.5 Å². The zero-order valence-corrected chi connectivity index (χ0v) is 16.5. The minimum atomic E-state index is -0.622. The van der Waals surface area contributed by atoms with Gasteiger partial charge in [0.15, 0.2) is 0 Å². The maximum Gasteiger partial charge on any atom is 4.00 e. The Hall–Kier alpha value is -0.319. The van der Waals surface area contributed by atoms with E-state index in [4.69, 9.17) is 5.73 Å². The number of rotatable bonds is 1. The third-order valence-electron chi connectivity index (χ3n) is 1.87. The standard InChI is InChI=1S/C8H9NO.C5H5.C2H6Si.2ClH.Ti/c1-6-3-2-4-7(5-6)8(9)10;1-2-4-5-3-1;1-3-2;;;/h2-5H,1H3,(H2,9,10);1-3H,4H2;1-2H3;2*1H;/q;-1;;;;+4/p-3. The van der Waals surface area contributed by atoms with Crippen LogP contribution in [0.5, 0.6) is 0 Å². The van der Waals surface area contributed by atoms with Gasteiger partial charge in [-0.25, -0.2) is 12.2 Å². The molecule has 0 unspecified atom stereocenters. The Balaban J connectivity index is -0.000000113. The fraction of sp³-hybridized carbons (Fsp3) is 0.267. The first-order valence-electron chi connectivity index (χ1n) is 5.74. The molecule has 0 heterocycles. The molecule has 2 nitrogen and oxygen atoms in total. The summed E-state index contributed by atoms with van der Waals surface area (Å²) in [5.41, 5.74) is 8.25. The van der Waals surface area contributed by atoms with Crippen LogP contribution in [0.4, 0.5) is 0 Å². The molecule has 1 N–H and O–H groups in total. The summed E-state index contributed by atoms with van der Waals surface area (Å²) in [5, 5.41) is 0. The first kappa shape index (κ1) is 28.8. The number of hydrogen-bond donors (Lipinski definition) is 0. The quantitative estimate of drug-likeness (QED) is 0.425. The van der Waals surface area contributed by atoms with Crippen LogP contribution in [0.3, 0.4) is 0 Å². The van der Waals surface area contributed by atoms with Gasteiger partial charge in [-0.15, -0.1) is 6.42 Å².